The molecular formula is C12H17F3IN3. The first kappa shape index (κ1) is 18.0. The van der Waals surface area contributed by atoms with Crippen LogP contribution in [0.15, 0.2) is 29.3 Å². The number of nitrogens with one attached hydrogen (secondary N) is 1. The second-order valence-electron chi connectivity index (χ2n) is 3.81. The van der Waals surface area contributed by atoms with Gasteiger partial charge in [0.2, 0.25) is 0 Å². The van der Waals surface area contributed by atoms with Crippen LogP contribution in [0.4, 0.5) is 18.9 Å². The van der Waals surface area contributed by atoms with E-state index in [1.165, 1.54) is 5.56 Å². The first-order valence-corrected chi connectivity index (χ1v) is 5.63. The Morgan fingerprint density at radius 1 is 1.26 bits per heavy atom. The summed E-state index contributed by atoms with van der Waals surface area (Å²) in [5.74, 6) is -0.0106. The average molecular weight is 387 g/mol. The van der Waals surface area contributed by atoms with Gasteiger partial charge in [0.1, 0.15) is 0 Å². The van der Waals surface area contributed by atoms with Gasteiger partial charge >= 0.3 is 6.18 Å². The highest BCUT2D eigenvalue weighted by atomic mass is 127. The van der Waals surface area contributed by atoms with E-state index >= 15 is 0 Å². The van der Waals surface area contributed by atoms with E-state index in [0.29, 0.717) is 5.69 Å². The SMILES string of the molecule is CCc1ccc(NC(N)=NCCC(F)(F)F)cc1.I. The lowest BCUT2D eigenvalue weighted by molar-refractivity contribution is -0.132. The number of rotatable bonds is 4. The molecule has 0 saturated heterocycles. The number of hydrogen-bond acceptors (Lipinski definition) is 1. The minimum Gasteiger partial charge on any atom is -0.370 e. The van der Waals surface area contributed by atoms with Crippen molar-refractivity contribution in [1.29, 1.82) is 0 Å². The predicted octanol–water partition coefficient (Wildman–Crippen LogP) is 3.55. The van der Waals surface area contributed by atoms with Crippen molar-refractivity contribution in [2.45, 2.75) is 25.9 Å². The van der Waals surface area contributed by atoms with Crippen LogP contribution >= 0.6 is 24.0 Å². The number of benzene rings is 1. The fourth-order valence-corrected chi connectivity index (χ4v) is 1.31. The third-order valence-electron chi connectivity index (χ3n) is 2.31. The van der Waals surface area contributed by atoms with Crippen molar-refractivity contribution in [2.24, 2.45) is 10.7 Å². The Morgan fingerprint density at radius 3 is 2.32 bits per heavy atom. The smallest absolute Gasteiger partial charge is 0.370 e. The van der Waals surface area contributed by atoms with Gasteiger partial charge in [-0.15, -0.1) is 24.0 Å². The number of nitrogens with two attached hydrogens (primary N) is 1. The lowest BCUT2D eigenvalue weighted by Gasteiger charge is -2.07. The summed E-state index contributed by atoms with van der Waals surface area (Å²) in [4.78, 5) is 3.61. The molecule has 1 aromatic rings. The summed E-state index contributed by atoms with van der Waals surface area (Å²) in [6.07, 6.45) is -4.24. The molecule has 19 heavy (non-hydrogen) atoms. The standard InChI is InChI=1S/C12H16F3N3.HI/c1-2-9-3-5-10(6-4-9)18-11(16)17-8-7-12(13,14)15;/h3-6H,2,7-8H2,1H3,(H3,16,17,18);1H. The van der Waals surface area contributed by atoms with Gasteiger partial charge in [0.25, 0.3) is 0 Å². The van der Waals surface area contributed by atoms with Crippen LogP contribution in [0.2, 0.25) is 0 Å². The lowest BCUT2D eigenvalue weighted by atomic mass is 10.1. The van der Waals surface area contributed by atoms with Crippen LogP contribution in [0.1, 0.15) is 18.9 Å². The van der Waals surface area contributed by atoms with Gasteiger partial charge in [-0.2, -0.15) is 13.2 Å². The van der Waals surface area contributed by atoms with Crippen LogP contribution in [-0.2, 0) is 6.42 Å². The molecule has 108 valence electrons. The highest BCUT2D eigenvalue weighted by Crippen LogP contribution is 2.18. The van der Waals surface area contributed by atoms with E-state index in [9.17, 15) is 13.2 Å². The summed E-state index contributed by atoms with van der Waals surface area (Å²) in [7, 11) is 0. The van der Waals surface area contributed by atoms with Crippen molar-refractivity contribution in [3.63, 3.8) is 0 Å². The number of guanidine groups is 1. The predicted molar refractivity (Wildman–Crippen MR) is 82.0 cm³/mol. The van der Waals surface area contributed by atoms with Gasteiger partial charge in [-0.25, -0.2) is 0 Å². The molecule has 0 aromatic heterocycles. The molecule has 0 unspecified atom stereocenters. The molecule has 0 fully saturated rings. The number of alkyl halides is 3. The Hall–Kier alpha value is -0.990. The van der Waals surface area contributed by atoms with Crippen molar-refractivity contribution in [1.82, 2.24) is 0 Å². The number of halogens is 4. The summed E-state index contributed by atoms with van der Waals surface area (Å²) < 4.78 is 35.7. The van der Waals surface area contributed by atoms with Gasteiger partial charge in [-0.05, 0) is 24.1 Å². The van der Waals surface area contributed by atoms with E-state index in [4.69, 9.17) is 5.73 Å². The summed E-state index contributed by atoms with van der Waals surface area (Å²) in [6.45, 7) is 1.67. The topological polar surface area (TPSA) is 50.4 Å². The van der Waals surface area contributed by atoms with Crippen molar-refractivity contribution in [2.75, 3.05) is 11.9 Å². The van der Waals surface area contributed by atoms with Gasteiger partial charge in [0.15, 0.2) is 5.96 Å². The molecule has 1 rings (SSSR count). The van der Waals surface area contributed by atoms with Crippen molar-refractivity contribution in [3.05, 3.63) is 29.8 Å². The molecule has 0 bridgehead atoms. The van der Waals surface area contributed by atoms with E-state index in [-0.39, 0.29) is 36.5 Å². The van der Waals surface area contributed by atoms with Crippen LogP contribution in [0, 0.1) is 0 Å². The quantitative estimate of drug-likeness (QED) is 0.472. The van der Waals surface area contributed by atoms with Gasteiger partial charge in [-0.1, -0.05) is 19.1 Å². The number of aryl methyl sites for hydroxylation is 1. The fraction of sp³-hybridized carbons (Fsp3) is 0.417. The second-order valence-corrected chi connectivity index (χ2v) is 3.81. The Bertz CT molecular complexity index is 402. The summed E-state index contributed by atoms with van der Waals surface area (Å²) in [5.41, 5.74) is 7.36. The third-order valence-corrected chi connectivity index (χ3v) is 2.31. The molecule has 0 saturated carbocycles. The number of nitrogens with zero attached hydrogens (tertiary/aromatic N) is 1. The highest BCUT2D eigenvalue weighted by Gasteiger charge is 2.26. The van der Waals surface area contributed by atoms with E-state index in [2.05, 4.69) is 10.3 Å². The molecule has 0 spiro atoms. The van der Waals surface area contributed by atoms with E-state index in [0.717, 1.165) is 6.42 Å². The maximum atomic E-state index is 11.9. The Morgan fingerprint density at radius 2 is 1.84 bits per heavy atom. The molecule has 0 atom stereocenters. The second kappa shape index (κ2) is 8.23. The summed E-state index contributed by atoms with van der Waals surface area (Å²) in [5, 5.41) is 2.74. The molecule has 0 aliphatic carbocycles. The molecular weight excluding hydrogens is 370 g/mol. The van der Waals surface area contributed by atoms with Gasteiger partial charge < -0.3 is 11.1 Å². The average Bonchev–Trinajstić information content (AvgIpc) is 2.28. The zero-order valence-electron chi connectivity index (χ0n) is 10.5. The lowest BCUT2D eigenvalue weighted by Crippen LogP contribution is -2.23. The zero-order chi connectivity index (χ0) is 13.6. The molecule has 0 aliphatic heterocycles. The maximum absolute atomic E-state index is 11.9. The number of aliphatic imine (C=N–C) groups is 1. The largest absolute Gasteiger partial charge is 0.390 e. The van der Waals surface area contributed by atoms with Crippen LogP contribution in [0.25, 0.3) is 0 Å². The van der Waals surface area contributed by atoms with E-state index < -0.39 is 12.6 Å². The van der Waals surface area contributed by atoms with Crippen LogP contribution < -0.4 is 11.1 Å². The molecule has 0 heterocycles. The maximum Gasteiger partial charge on any atom is 0.390 e. The minimum atomic E-state index is -4.20. The normalized spacial score (nSPS) is 11.9. The number of hydrogen-bond donors (Lipinski definition) is 2. The molecule has 3 nitrogen and oxygen atoms in total. The van der Waals surface area contributed by atoms with E-state index in [1.807, 2.05) is 31.2 Å². The molecule has 0 aliphatic rings. The van der Waals surface area contributed by atoms with Crippen LogP contribution in [0.3, 0.4) is 0 Å². The molecule has 0 radical (unpaired) electrons. The molecule has 3 N–H and O–H groups in total. The van der Waals surface area contributed by atoms with Crippen molar-refractivity contribution >= 4 is 35.6 Å². The Labute approximate surface area is 127 Å². The highest BCUT2D eigenvalue weighted by molar-refractivity contribution is 14.0. The Kier molecular flexibility index (Phi) is 7.81. The third kappa shape index (κ3) is 7.91. The van der Waals surface area contributed by atoms with Gasteiger partial charge in [0, 0.05) is 5.69 Å². The van der Waals surface area contributed by atoms with Crippen molar-refractivity contribution < 1.29 is 13.2 Å². The number of anilines is 1. The zero-order valence-corrected chi connectivity index (χ0v) is 12.8. The van der Waals surface area contributed by atoms with Crippen LogP contribution in [-0.4, -0.2) is 18.7 Å². The van der Waals surface area contributed by atoms with Gasteiger partial charge in [-0.3, -0.25) is 4.99 Å². The monoisotopic (exact) mass is 387 g/mol. The van der Waals surface area contributed by atoms with E-state index in [1.54, 1.807) is 0 Å². The molecule has 0 amide bonds. The summed E-state index contributed by atoms with van der Waals surface area (Å²) >= 11 is 0. The summed E-state index contributed by atoms with van der Waals surface area (Å²) in [6, 6.07) is 7.46. The van der Waals surface area contributed by atoms with Crippen LogP contribution in [0.5, 0.6) is 0 Å². The first-order chi connectivity index (χ1) is 8.40. The fourth-order valence-electron chi connectivity index (χ4n) is 1.31. The minimum absolute atomic E-state index is 0. The molecule has 7 heteroatoms. The van der Waals surface area contributed by atoms with Crippen molar-refractivity contribution in [3.8, 4) is 0 Å². The molecule has 1 aromatic carbocycles. The Balaban J connectivity index is 0.00000324. The first-order valence-electron chi connectivity index (χ1n) is 5.63. The van der Waals surface area contributed by atoms with Gasteiger partial charge in [0.05, 0.1) is 13.0 Å².